The van der Waals surface area contributed by atoms with E-state index in [4.69, 9.17) is 9.73 Å². The number of aliphatic imine (C=N–C) groups is 1. The number of halogens is 1. The molecule has 27 heavy (non-hydrogen) atoms. The van der Waals surface area contributed by atoms with E-state index in [1.165, 1.54) is 5.56 Å². The maximum atomic E-state index is 5.57. The third kappa shape index (κ3) is 5.34. The minimum Gasteiger partial charge on any atom is -0.496 e. The van der Waals surface area contributed by atoms with Gasteiger partial charge in [-0.2, -0.15) is 0 Å². The lowest BCUT2D eigenvalue weighted by molar-refractivity contribution is 0.404. The van der Waals surface area contributed by atoms with Crippen LogP contribution in [-0.2, 0) is 12.0 Å². The molecule has 2 aromatic rings. The first kappa shape index (κ1) is 21.9. The minimum absolute atomic E-state index is 0. The number of para-hydroxylation sites is 1. The average molecular weight is 500 g/mol. The number of nitrogens with zero attached hydrogens (tertiary/aromatic N) is 3. The molecule has 1 aliphatic rings. The molecule has 148 valence electrons. The van der Waals surface area contributed by atoms with Gasteiger partial charge in [0.25, 0.3) is 0 Å². The highest BCUT2D eigenvalue weighted by Gasteiger charge is 2.46. The monoisotopic (exact) mass is 500 g/mol. The van der Waals surface area contributed by atoms with Crippen LogP contribution >= 0.6 is 35.3 Å². The van der Waals surface area contributed by atoms with Gasteiger partial charge in [-0.3, -0.25) is 4.99 Å². The molecule has 1 fully saturated rings. The first-order valence-corrected chi connectivity index (χ1v) is 10.00. The van der Waals surface area contributed by atoms with Gasteiger partial charge in [0.1, 0.15) is 5.75 Å². The Morgan fingerprint density at radius 2 is 2.11 bits per heavy atom. The van der Waals surface area contributed by atoms with Crippen LogP contribution in [0.3, 0.4) is 0 Å². The van der Waals surface area contributed by atoms with Crippen LogP contribution in [0.4, 0.5) is 0 Å². The van der Waals surface area contributed by atoms with Crippen LogP contribution in [0.15, 0.2) is 34.6 Å². The van der Waals surface area contributed by atoms with E-state index in [0.29, 0.717) is 0 Å². The summed E-state index contributed by atoms with van der Waals surface area (Å²) in [7, 11) is 3.81. The smallest absolute Gasteiger partial charge is 0.194 e. The normalized spacial score (nSPS) is 15.0. The number of nitrogens with one attached hydrogen (secondary N) is 1. The van der Waals surface area contributed by atoms with E-state index in [9.17, 15) is 0 Å². The van der Waals surface area contributed by atoms with E-state index in [1.54, 1.807) is 18.4 Å². The summed E-state index contributed by atoms with van der Waals surface area (Å²) >= 11 is 1.69. The predicted octanol–water partition coefficient (Wildman–Crippen LogP) is 4.21. The van der Waals surface area contributed by atoms with E-state index < -0.39 is 0 Å². The molecule has 0 bridgehead atoms. The van der Waals surface area contributed by atoms with Gasteiger partial charge in [-0.15, -0.1) is 35.3 Å². The van der Waals surface area contributed by atoms with Crippen molar-refractivity contribution in [1.82, 2.24) is 15.2 Å². The lowest BCUT2D eigenvalue weighted by Crippen LogP contribution is -2.39. The van der Waals surface area contributed by atoms with Crippen LogP contribution in [0.5, 0.6) is 5.75 Å². The van der Waals surface area contributed by atoms with Crippen molar-refractivity contribution in [3.8, 4) is 5.75 Å². The Labute approximate surface area is 183 Å². The van der Waals surface area contributed by atoms with E-state index >= 15 is 0 Å². The third-order valence-electron chi connectivity index (χ3n) is 4.83. The second-order valence-electron chi connectivity index (χ2n) is 6.86. The lowest BCUT2D eigenvalue weighted by Gasteiger charge is -2.23. The number of aryl methyl sites for hydroxylation is 1. The molecule has 0 amide bonds. The van der Waals surface area contributed by atoms with E-state index in [0.717, 1.165) is 54.9 Å². The molecular formula is C20H29IN4OS. The maximum Gasteiger partial charge on any atom is 0.194 e. The van der Waals surface area contributed by atoms with E-state index in [1.807, 2.05) is 19.1 Å². The van der Waals surface area contributed by atoms with Crippen LogP contribution in [0.25, 0.3) is 0 Å². The minimum atomic E-state index is 0. The molecule has 3 rings (SSSR count). The summed E-state index contributed by atoms with van der Waals surface area (Å²) in [5.41, 5.74) is 2.48. The number of guanidine groups is 1. The molecule has 1 N–H and O–H groups in total. The fourth-order valence-electron chi connectivity index (χ4n) is 3.24. The molecule has 5 nitrogen and oxygen atoms in total. The fourth-order valence-corrected chi connectivity index (χ4v) is 3.84. The van der Waals surface area contributed by atoms with Crippen LogP contribution in [-0.4, -0.2) is 43.1 Å². The molecule has 1 aliphatic carbocycles. The second-order valence-corrected chi connectivity index (χ2v) is 7.93. The molecule has 0 aliphatic heterocycles. The first-order chi connectivity index (χ1) is 12.6. The van der Waals surface area contributed by atoms with Gasteiger partial charge in [0.2, 0.25) is 0 Å². The summed E-state index contributed by atoms with van der Waals surface area (Å²) in [5, 5.41) is 6.63. The van der Waals surface area contributed by atoms with E-state index in [-0.39, 0.29) is 29.4 Å². The highest BCUT2D eigenvalue weighted by atomic mass is 127. The number of hydrogen-bond donors (Lipinski definition) is 1. The van der Waals surface area contributed by atoms with Gasteiger partial charge < -0.3 is 15.0 Å². The molecule has 7 heteroatoms. The summed E-state index contributed by atoms with van der Waals surface area (Å²) in [6.45, 7) is 6.52. The molecule has 0 saturated heterocycles. The summed E-state index contributed by atoms with van der Waals surface area (Å²) in [6.07, 6.45) is 2.32. The molecular weight excluding hydrogens is 471 g/mol. The van der Waals surface area contributed by atoms with Crippen molar-refractivity contribution >= 4 is 41.3 Å². The highest BCUT2D eigenvalue weighted by molar-refractivity contribution is 14.0. The van der Waals surface area contributed by atoms with Crippen LogP contribution in [0, 0.1) is 6.92 Å². The largest absolute Gasteiger partial charge is 0.496 e. The Bertz CT molecular complexity index is 773. The molecule has 1 heterocycles. The van der Waals surface area contributed by atoms with Crippen molar-refractivity contribution in [1.29, 1.82) is 0 Å². The van der Waals surface area contributed by atoms with Crippen molar-refractivity contribution in [3.63, 3.8) is 0 Å². The van der Waals surface area contributed by atoms with Gasteiger partial charge in [-0.25, -0.2) is 4.98 Å². The molecule has 1 aromatic carbocycles. The zero-order valence-electron chi connectivity index (χ0n) is 16.5. The average Bonchev–Trinajstić information content (AvgIpc) is 3.33. The van der Waals surface area contributed by atoms with Gasteiger partial charge in [0.05, 0.1) is 30.9 Å². The Balaban J connectivity index is 0.00000261. The first-order valence-electron chi connectivity index (χ1n) is 9.12. The van der Waals surface area contributed by atoms with Crippen molar-refractivity contribution in [2.75, 3.05) is 27.2 Å². The number of aromatic nitrogens is 1. The number of ether oxygens (including phenoxy) is 1. The van der Waals surface area contributed by atoms with Gasteiger partial charge in [-0.05, 0) is 32.8 Å². The number of benzene rings is 1. The Hall–Kier alpha value is -1.35. The van der Waals surface area contributed by atoms with Gasteiger partial charge in [-0.1, -0.05) is 18.2 Å². The van der Waals surface area contributed by atoms with Crippen molar-refractivity contribution in [2.45, 2.75) is 38.6 Å². The van der Waals surface area contributed by atoms with Crippen molar-refractivity contribution < 1.29 is 4.74 Å². The standard InChI is InChI=1S/C20H28N4OS.HI/c1-5-21-19(24(3)12-16-13-26-15(2)23-16)22-14-20(10-11-20)17-8-6-7-9-18(17)25-4;/h6-9,13H,5,10-12,14H2,1-4H3,(H,21,22);1H. The molecule has 0 atom stereocenters. The second kappa shape index (κ2) is 9.73. The number of hydrogen-bond acceptors (Lipinski definition) is 4. The van der Waals surface area contributed by atoms with Crippen LogP contribution < -0.4 is 10.1 Å². The Morgan fingerprint density at radius 1 is 1.37 bits per heavy atom. The van der Waals surface area contributed by atoms with Crippen LogP contribution in [0.2, 0.25) is 0 Å². The maximum absolute atomic E-state index is 5.57. The predicted molar refractivity (Wildman–Crippen MR) is 124 cm³/mol. The van der Waals surface area contributed by atoms with Crippen LogP contribution in [0.1, 0.15) is 36.0 Å². The number of rotatable bonds is 7. The fraction of sp³-hybridized carbons (Fsp3) is 0.500. The Kier molecular flexibility index (Phi) is 7.91. The Morgan fingerprint density at radius 3 is 2.70 bits per heavy atom. The molecule has 0 radical (unpaired) electrons. The molecule has 1 saturated carbocycles. The van der Waals surface area contributed by atoms with Crippen molar-refractivity contribution in [3.05, 3.63) is 45.9 Å². The summed E-state index contributed by atoms with van der Waals surface area (Å²) in [5.74, 6) is 1.90. The number of methoxy groups -OCH3 is 1. The third-order valence-corrected chi connectivity index (χ3v) is 5.65. The van der Waals surface area contributed by atoms with Gasteiger partial charge >= 0.3 is 0 Å². The molecule has 1 aromatic heterocycles. The zero-order chi connectivity index (χ0) is 18.6. The molecule has 0 unspecified atom stereocenters. The topological polar surface area (TPSA) is 49.8 Å². The van der Waals surface area contributed by atoms with Crippen molar-refractivity contribution in [2.24, 2.45) is 4.99 Å². The summed E-state index contributed by atoms with van der Waals surface area (Å²) in [6, 6.07) is 8.33. The number of thiazole rings is 1. The molecule has 0 spiro atoms. The quantitative estimate of drug-likeness (QED) is 0.352. The lowest BCUT2D eigenvalue weighted by atomic mass is 9.95. The highest BCUT2D eigenvalue weighted by Crippen LogP contribution is 2.51. The summed E-state index contributed by atoms with van der Waals surface area (Å²) in [4.78, 5) is 11.7. The van der Waals surface area contributed by atoms with E-state index in [2.05, 4.69) is 46.7 Å². The summed E-state index contributed by atoms with van der Waals surface area (Å²) < 4.78 is 5.57. The SMILES string of the molecule is CCNC(=NCC1(c2ccccc2OC)CC1)N(C)Cc1csc(C)n1.I. The van der Waals surface area contributed by atoms with Gasteiger partial charge in [0.15, 0.2) is 5.96 Å². The van der Waals surface area contributed by atoms with Gasteiger partial charge in [0, 0.05) is 30.0 Å². The zero-order valence-corrected chi connectivity index (χ0v) is 19.6.